The first kappa shape index (κ1) is 18.7. The molecule has 1 aromatic heterocycles. The molecule has 1 unspecified atom stereocenters. The van der Waals surface area contributed by atoms with Crippen molar-refractivity contribution in [1.82, 2.24) is 4.98 Å². The molecule has 0 N–H and O–H groups in total. The lowest BCUT2D eigenvalue weighted by Crippen LogP contribution is -2.44. The highest BCUT2D eigenvalue weighted by atomic mass is 19.4. The van der Waals surface area contributed by atoms with Crippen molar-refractivity contribution >= 4 is 17.6 Å². The zero-order chi connectivity index (χ0) is 19.8. The third kappa shape index (κ3) is 3.71. The van der Waals surface area contributed by atoms with Crippen molar-refractivity contribution in [2.24, 2.45) is 0 Å². The molecule has 6 nitrogen and oxygen atoms in total. The van der Waals surface area contributed by atoms with Crippen LogP contribution in [-0.4, -0.2) is 30.1 Å². The number of hydrogen-bond acceptors (Lipinski definition) is 5. The van der Waals surface area contributed by atoms with E-state index in [-0.39, 0.29) is 23.7 Å². The number of esters is 1. The van der Waals surface area contributed by atoms with Crippen LogP contribution >= 0.6 is 0 Å². The van der Waals surface area contributed by atoms with Gasteiger partial charge in [0.05, 0.1) is 24.8 Å². The lowest BCUT2D eigenvalue weighted by atomic mass is 10.1. The number of ether oxygens (including phenoxy) is 2. The summed E-state index contributed by atoms with van der Waals surface area (Å²) in [7, 11) is 1.24. The van der Waals surface area contributed by atoms with E-state index in [1.165, 1.54) is 31.1 Å². The number of hydrogen-bond donors (Lipinski definition) is 0. The van der Waals surface area contributed by atoms with E-state index in [9.17, 15) is 22.8 Å². The first-order valence-electron chi connectivity index (χ1n) is 7.93. The second-order valence-corrected chi connectivity index (χ2v) is 5.92. The highest BCUT2D eigenvalue weighted by Crippen LogP contribution is 2.38. The maximum atomic E-state index is 13.0. The maximum absolute atomic E-state index is 13.0. The molecule has 142 valence electrons. The highest BCUT2D eigenvalue weighted by molar-refractivity contribution is 5.99. The summed E-state index contributed by atoms with van der Waals surface area (Å²) in [5.74, 6) is -1.12. The molecule has 1 aromatic carbocycles. The zero-order valence-electron chi connectivity index (χ0n) is 14.4. The Labute approximate surface area is 152 Å². The molecule has 2 aromatic rings. The Kier molecular flexibility index (Phi) is 4.77. The van der Waals surface area contributed by atoms with Crippen molar-refractivity contribution in [3.8, 4) is 5.88 Å². The third-order valence-corrected chi connectivity index (χ3v) is 4.04. The summed E-state index contributed by atoms with van der Waals surface area (Å²) >= 11 is 0. The lowest BCUT2D eigenvalue weighted by molar-refractivity contribution is -0.138. The molecule has 1 amide bonds. The van der Waals surface area contributed by atoms with Crippen molar-refractivity contribution in [3.63, 3.8) is 0 Å². The average Bonchev–Trinajstić information content (AvgIpc) is 2.64. The molecule has 0 spiro atoms. The van der Waals surface area contributed by atoms with Gasteiger partial charge >= 0.3 is 12.1 Å². The van der Waals surface area contributed by atoms with E-state index >= 15 is 0 Å². The maximum Gasteiger partial charge on any atom is 0.417 e. The molecule has 0 saturated carbocycles. The van der Waals surface area contributed by atoms with E-state index in [4.69, 9.17) is 4.74 Å². The fourth-order valence-electron chi connectivity index (χ4n) is 2.70. The van der Waals surface area contributed by atoms with Crippen molar-refractivity contribution in [1.29, 1.82) is 0 Å². The van der Waals surface area contributed by atoms with Gasteiger partial charge in [-0.05, 0) is 30.7 Å². The smallest absolute Gasteiger partial charge is 0.417 e. The Morgan fingerprint density at radius 3 is 2.74 bits per heavy atom. The predicted molar refractivity (Wildman–Crippen MR) is 88.3 cm³/mol. The number of aromatic nitrogens is 1. The van der Waals surface area contributed by atoms with Crippen LogP contribution in [0.4, 0.5) is 18.9 Å². The van der Waals surface area contributed by atoms with Gasteiger partial charge in [0.1, 0.15) is 5.69 Å². The number of anilines is 1. The monoisotopic (exact) mass is 380 g/mol. The van der Waals surface area contributed by atoms with Crippen molar-refractivity contribution in [2.45, 2.75) is 25.7 Å². The van der Waals surface area contributed by atoms with Crippen LogP contribution in [0.15, 0.2) is 36.5 Å². The SMILES string of the molecule is COC(=O)c1cccc(CN2C(=O)C(C)Oc3ncc(C(F)(F)F)cc32)c1. The predicted octanol–water partition coefficient (Wildman–Crippen LogP) is 3.20. The summed E-state index contributed by atoms with van der Waals surface area (Å²) in [6.07, 6.45) is -4.84. The Balaban J connectivity index is 2.00. The molecular formula is C18H15F3N2O4. The molecule has 0 aliphatic carbocycles. The van der Waals surface area contributed by atoms with Gasteiger partial charge in [0.15, 0.2) is 6.10 Å². The summed E-state index contributed by atoms with van der Waals surface area (Å²) in [6, 6.07) is 7.13. The minimum absolute atomic E-state index is 0.0483. The van der Waals surface area contributed by atoms with Crippen LogP contribution in [0, 0.1) is 0 Å². The molecule has 27 heavy (non-hydrogen) atoms. The topological polar surface area (TPSA) is 68.7 Å². The van der Waals surface area contributed by atoms with Gasteiger partial charge in [0, 0.05) is 6.20 Å². The van der Waals surface area contributed by atoms with Crippen LogP contribution < -0.4 is 9.64 Å². The molecule has 2 heterocycles. The van der Waals surface area contributed by atoms with E-state index in [0.717, 1.165) is 6.07 Å². The molecule has 0 saturated heterocycles. The van der Waals surface area contributed by atoms with E-state index < -0.39 is 29.7 Å². The number of rotatable bonds is 3. The van der Waals surface area contributed by atoms with E-state index in [2.05, 4.69) is 9.72 Å². The van der Waals surface area contributed by atoms with E-state index in [0.29, 0.717) is 11.8 Å². The van der Waals surface area contributed by atoms with Crippen LogP contribution in [0.25, 0.3) is 0 Å². The minimum atomic E-state index is -4.61. The lowest BCUT2D eigenvalue weighted by Gasteiger charge is -2.32. The molecule has 1 aliphatic heterocycles. The van der Waals surface area contributed by atoms with Gasteiger partial charge in [-0.15, -0.1) is 0 Å². The van der Waals surface area contributed by atoms with E-state index in [1.54, 1.807) is 12.1 Å². The van der Waals surface area contributed by atoms with Gasteiger partial charge in [-0.3, -0.25) is 9.69 Å². The number of pyridine rings is 1. The summed E-state index contributed by atoms with van der Waals surface area (Å²) in [5, 5.41) is 0. The van der Waals surface area contributed by atoms with Crippen molar-refractivity contribution in [2.75, 3.05) is 12.0 Å². The van der Waals surface area contributed by atoms with Crippen molar-refractivity contribution in [3.05, 3.63) is 53.2 Å². The minimum Gasteiger partial charge on any atom is -0.465 e. The normalized spacial score (nSPS) is 16.6. The number of carbonyl (C=O) groups excluding carboxylic acids is 2. The number of amides is 1. The second-order valence-electron chi connectivity index (χ2n) is 5.92. The van der Waals surface area contributed by atoms with Crippen LogP contribution in [-0.2, 0) is 22.3 Å². The van der Waals surface area contributed by atoms with Gasteiger partial charge < -0.3 is 9.47 Å². The largest absolute Gasteiger partial charge is 0.465 e. The van der Waals surface area contributed by atoms with Crippen LogP contribution in [0.2, 0.25) is 0 Å². The number of carbonyl (C=O) groups is 2. The first-order chi connectivity index (χ1) is 12.7. The fraction of sp³-hybridized carbons (Fsp3) is 0.278. The molecule has 1 atom stereocenters. The summed E-state index contributed by atoms with van der Waals surface area (Å²) in [5.41, 5.74) is -0.244. The molecule has 1 aliphatic rings. The van der Waals surface area contributed by atoms with Gasteiger partial charge in [0.25, 0.3) is 5.91 Å². The van der Waals surface area contributed by atoms with Gasteiger partial charge in [-0.25, -0.2) is 9.78 Å². The molecule has 3 rings (SSSR count). The summed E-state index contributed by atoms with van der Waals surface area (Å²) in [6.45, 7) is 1.44. The number of alkyl halides is 3. The fourth-order valence-corrected chi connectivity index (χ4v) is 2.70. The summed E-state index contributed by atoms with van der Waals surface area (Å²) in [4.78, 5) is 29.1. The number of nitrogens with zero attached hydrogens (tertiary/aromatic N) is 2. The Morgan fingerprint density at radius 1 is 1.33 bits per heavy atom. The van der Waals surface area contributed by atoms with E-state index in [1.807, 2.05) is 0 Å². The number of halogens is 3. The first-order valence-corrected chi connectivity index (χ1v) is 7.93. The molecule has 0 fully saturated rings. The number of benzene rings is 1. The quantitative estimate of drug-likeness (QED) is 0.765. The molecule has 0 bridgehead atoms. The van der Waals surface area contributed by atoms with Gasteiger partial charge in [-0.1, -0.05) is 12.1 Å². The standard InChI is InChI=1S/C18H15F3N2O4/c1-10-16(24)23(9-11-4-3-5-12(6-11)17(25)26-2)14-7-13(18(19,20)21)8-22-15(14)27-10/h3-8,10H,9H2,1-2H3. The van der Waals surface area contributed by atoms with Crippen LogP contribution in [0.5, 0.6) is 5.88 Å². The van der Waals surface area contributed by atoms with Crippen LogP contribution in [0.3, 0.4) is 0 Å². The number of fused-ring (bicyclic) bond motifs is 1. The van der Waals surface area contributed by atoms with Gasteiger partial charge in [-0.2, -0.15) is 13.2 Å². The zero-order valence-corrected chi connectivity index (χ0v) is 14.4. The average molecular weight is 380 g/mol. The Bertz CT molecular complexity index is 898. The third-order valence-electron chi connectivity index (χ3n) is 4.04. The van der Waals surface area contributed by atoms with Crippen LogP contribution in [0.1, 0.15) is 28.4 Å². The second kappa shape index (κ2) is 6.90. The molecular weight excluding hydrogens is 365 g/mol. The number of methoxy groups -OCH3 is 1. The highest BCUT2D eigenvalue weighted by Gasteiger charge is 2.37. The van der Waals surface area contributed by atoms with Crippen molar-refractivity contribution < 1.29 is 32.2 Å². The summed E-state index contributed by atoms with van der Waals surface area (Å²) < 4.78 is 49.1. The molecule has 0 radical (unpaired) electrons. The Hall–Kier alpha value is -3.10. The molecule has 9 heteroatoms. The van der Waals surface area contributed by atoms with Gasteiger partial charge in [0.2, 0.25) is 5.88 Å². The Morgan fingerprint density at radius 2 is 2.07 bits per heavy atom.